The summed E-state index contributed by atoms with van der Waals surface area (Å²) in [4.78, 5) is 38.9. The van der Waals surface area contributed by atoms with Gasteiger partial charge < -0.3 is 25.3 Å². The molecule has 194 valence electrons. The van der Waals surface area contributed by atoms with E-state index in [9.17, 15) is 18.8 Å². The number of nitrogens with two attached hydrogens (primary N) is 1. The zero-order valence-corrected chi connectivity index (χ0v) is 20.9. The number of esters is 1. The van der Waals surface area contributed by atoms with Gasteiger partial charge in [0.15, 0.2) is 12.4 Å². The molecule has 2 aromatic carbocycles. The number of halogens is 1. The summed E-state index contributed by atoms with van der Waals surface area (Å²) in [5.74, 6) is -2.04. The van der Waals surface area contributed by atoms with Crippen molar-refractivity contribution in [1.82, 2.24) is 0 Å². The number of hydrogen-bond acceptors (Lipinski definition) is 7. The van der Waals surface area contributed by atoms with Gasteiger partial charge in [0.1, 0.15) is 22.9 Å². The largest absolute Gasteiger partial charge is 0.483 e. The maximum absolute atomic E-state index is 13.4. The van der Waals surface area contributed by atoms with Crippen LogP contribution in [0.4, 0.5) is 10.1 Å². The van der Waals surface area contributed by atoms with Gasteiger partial charge in [0.2, 0.25) is 5.88 Å². The number of anilines is 1. The summed E-state index contributed by atoms with van der Waals surface area (Å²) in [5.41, 5.74) is 7.14. The highest BCUT2D eigenvalue weighted by atomic mass is 19.1. The van der Waals surface area contributed by atoms with Crippen LogP contribution in [0.2, 0.25) is 0 Å². The minimum absolute atomic E-state index is 0.0143. The number of ketones is 1. The highest BCUT2D eigenvalue weighted by Gasteiger charge is 2.45. The number of hydrogen-bond donors (Lipinski definition) is 2. The van der Waals surface area contributed by atoms with Gasteiger partial charge in [0.25, 0.3) is 5.91 Å². The van der Waals surface area contributed by atoms with Crippen molar-refractivity contribution in [3.8, 4) is 5.75 Å². The fourth-order valence-electron chi connectivity index (χ4n) is 4.63. The number of amides is 1. The lowest BCUT2D eigenvalue weighted by Crippen LogP contribution is -2.36. The van der Waals surface area contributed by atoms with Crippen molar-refractivity contribution in [2.45, 2.75) is 39.5 Å². The van der Waals surface area contributed by atoms with E-state index in [0.717, 1.165) is 0 Å². The second kappa shape index (κ2) is 10.5. The van der Waals surface area contributed by atoms with Crippen LogP contribution < -0.4 is 15.8 Å². The molecule has 1 aliphatic carbocycles. The van der Waals surface area contributed by atoms with Crippen molar-refractivity contribution in [2.75, 3.05) is 18.5 Å². The van der Waals surface area contributed by atoms with E-state index in [0.29, 0.717) is 34.8 Å². The van der Waals surface area contributed by atoms with E-state index >= 15 is 0 Å². The number of carbonyl (C=O) groups is 3. The smallest absolute Gasteiger partial charge is 0.340 e. The topological polar surface area (TPSA) is 117 Å². The molecule has 1 atom stereocenters. The first-order chi connectivity index (χ1) is 17.6. The summed E-state index contributed by atoms with van der Waals surface area (Å²) in [6.45, 7) is 5.34. The fraction of sp³-hybridized carbons (Fsp3) is 0.321. The molecule has 0 saturated carbocycles. The number of Topliss-reactive ketones (excluding diaryl/α,β-unsaturated/α-hetero) is 1. The first-order valence-corrected chi connectivity index (χ1v) is 12.0. The third kappa shape index (κ3) is 5.66. The normalized spacial score (nSPS) is 18.6. The Bertz CT molecular complexity index is 1300. The van der Waals surface area contributed by atoms with E-state index in [1.54, 1.807) is 31.2 Å². The lowest BCUT2D eigenvalue weighted by Gasteiger charge is -2.38. The Kier molecular flexibility index (Phi) is 7.33. The molecular weight excluding hydrogens is 479 g/mol. The molecule has 0 aromatic heterocycles. The highest BCUT2D eigenvalue weighted by Crippen LogP contribution is 2.49. The van der Waals surface area contributed by atoms with Gasteiger partial charge in [-0.25, -0.2) is 9.18 Å². The predicted molar refractivity (Wildman–Crippen MR) is 134 cm³/mol. The van der Waals surface area contributed by atoms with Gasteiger partial charge >= 0.3 is 5.97 Å². The van der Waals surface area contributed by atoms with E-state index in [1.165, 1.54) is 24.3 Å². The lowest BCUT2D eigenvalue weighted by molar-refractivity contribution is -0.139. The van der Waals surface area contributed by atoms with Crippen LogP contribution in [0.5, 0.6) is 5.75 Å². The van der Waals surface area contributed by atoms with Crippen molar-refractivity contribution in [2.24, 2.45) is 11.1 Å². The molecule has 2 aromatic rings. The Morgan fingerprint density at radius 2 is 1.84 bits per heavy atom. The Labute approximate surface area is 214 Å². The van der Waals surface area contributed by atoms with Crippen molar-refractivity contribution >= 4 is 23.3 Å². The lowest BCUT2D eigenvalue weighted by atomic mass is 9.70. The van der Waals surface area contributed by atoms with Crippen LogP contribution in [0, 0.1) is 11.2 Å². The first kappa shape index (κ1) is 25.9. The minimum Gasteiger partial charge on any atom is -0.483 e. The molecule has 2 aliphatic rings. The van der Waals surface area contributed by atoms with Crippen LogP contribution in [-0.2, 0) is 23.9 Å². The molecule has 0 spiro atoms. The van der Waals surface area contributed by atoms with Gasteiger partial charge in [0.05, 0.1) is 12.5 Å². The summed E-state index contributed by atoms with van der Waals surface area (Å²) < 4.78 is 30.1. The standard InChI is InChI=1S/C28H29FN2O6/c1-4-35-27(34)25-23(24-19(32)13-28(2,3)14-21(24)37-26(25)30)18-7-5-6-8-20(18)36-15-22(33)31-17-11-9-16(29)10-12-17/h5-12,23H,4,13-15,30H2,1-3H3,(H,31,33). The predicted octanol–water partition coefficient (Wildman–Crippen LogP) is 4.33. The maximum atomic E-state index is 13.4. The quantitative estimate of drug-likeness (QED) is 0.535. The van der Waals surface area contributed by atoms with E-state index in [-0.39, 0.29) is 42.3 Å². The van der Waals surface area contributed by atoms with Crippen LogP contribution >= 0.6 is 0 Å². The molecule has 4 rings (SSSR count). The van der Waals surface area contributed by atoms with Gasteiger partial charge in [-0.2, -0.15) is 0 Å². The van der Waals surface area contributed by atoms with Gasteiger partial charge in [-0.15, -0.1) is 0 Å². The molecular formula is C28H29FN2O6. The monoisotopic (exact) mass is 508 g/mol. The molecule has 3 N–H and O–H groups in total. The van der Waals surface area contributed by atoms with E-state index < -0.39 is 23.6 Å². The molecule has 8 nitrogen and oxygen atoms in total. The first-order valence-electron chi connectivity index (χ1n) is 12.0. The molecule has 0 fully saturated rings. The number of para-hydroxylation sites is 1. The number of carbonyl (C=O) groups excluding carboxylic acids is 3. The Morgan fingerprint density at radius 3 is 2.54 bits per heavy atom. The molecule has 1 aliphatic heterocycles. The summed E-state index contributed by atoms with van der Waals surface area (Å²) in [7, 11) is 0. The Hall–Kier alpha value is -4.14. The summed E-state index contributed by atoms with van der Waals surface area (Å²) in [6.07, 6.45) is 0.731. The van der Waals surface area contributed by atoms with Crippen molar-refractivity contribution in [1.29, 1.82) is 0 Å². The van der Waals surface area contributed by atoms with Gasteiger partial charge in [-0.3, -0.25) is 9.59 Å². The fourth-order valence-corrected chi connectivity index (χ4v) is 4.63. The van der Waals surface area contributed by atoms with Gasteiger partial charge in [-0.05, 0) is 42.7 Å². The van der Waals surface area contributed by atoms with Gasteiger partial charge in [0, 0.05) is 29.7 Å². The molecule has 37 heavy (non-hydrogen) atoms. The van der Waals surface area contributed by atoms with Crippen molar-refractivity contribution in [3.63, 3.8) is 0 Å². The average Bonchev–Trinajstić information content (AvgIpc) is 2.83. The summed E-state index contributed by atoms with van der Waals surface area (Å²) in [6, 6.07) is 12.2. The SMILES string of the molecule is CCOC(=O)C1=C(N)OC2=C(C(=O)CC(C)(C)C2)C1c1ccccc1OCC(=O)Nc1ccc(F)cc1. The third-order valence-corrected chi connectivity index (χ3v) is 6.17. The second-order valence-corrected chi connectivity index (χ2v) is 9.69. The second-order valence-electron chi connectivity index (χ2n) is 9.69. The van der Waals surface area contributed by atoms with E-state index in [4.69, 9.17) is 19.9 Å². The van der Waals surface area contributed by atoms with Crippen LogP contribution in [0.25, 0.3) is 0 Å². The number of ether oxygens (including phenoxy) is 3. The summed E-state index contributed by atoms with van der Waals surface area (Å²) >= 11 is 0. The van der Waals surface area contributed by atoms with E-state index in [1.807, 2.05) is 13.8 Å². The number of benzene rings is 2. The zero-order valence-electron chi connectivity index (χ0n) is 20.9. The number of allylic oxidation sites excluding steroid dienone is 2. The van der Waals surface area contributed by atoms with Crippen molar-refractivity contribution in [3.05, 3.63) is 82.7 Å². The minimum atomic E-state index is -0.886. The van der Waals surface area contributed by atoms with Crippen LogP contribution in [-0.4, -0.2) is 30.9 Å². The Balaban J connectivity index is 1.68. The summed E-state index contributed by atoms with van der Waals surface area (Å²) in [5, 5.41) is 2.63. The molecule has 0 bridgehead atoms. The van der Waals surface area contributed by atoms with Crippen LogP contribution in [0.3, 0.4) is 0 Å². The van der Waals surface area contributed by atoms with E-state index in [2.05, 4.69) is 5.32 Å². The maximum Gasteiger partial charge on any atom is 0.340 e. The highest BCUT2D eigenvalue weighted by molar-refractivity contribution is 6.04. The number of rotatable bonds is 7. The van der Waals surface area contributed by atoms with Crippen LogP contribution in [0.1, 0.15) is 45.1 Å². The average molecular weight is 509 g/mol. The third-order valence-electron chi connectivity index (χ3n) is 6.17. The molecule has 0 saturated heterocycles. The molecule has 1 unspecified atom stereocenters. The Morgan fingerprint density at radius 1 is 1.14 bits per heavy atom. The molecule has 1 heterocycles. The van der Waals surface area contributed by atoms with Crippen LogP contribution in [0.15, 0.2) is 71.3 Å². The molecule has 9 heteroatoms. The molecule has 1 amide bonds. The zero-order chi connectivity index (χ0) is 26.7. The number of nitrogens with one attached hydrogen (secondary N) is 1. The molecule has 0 radical (unpaired) electrons. The van der Waals surface area contributed by atoms with Crippen molar-refractivity contribution < 1.29 is 33.0 Å². The van der Waals surface area contributed by atoms with Gasteiger partial charge in [-0.1, -0.05) is 32.0 Å².